The molecule has 202 valence electrons. The molecule has 0 spiro atoms. The van der Waals surface area contributed by atoms with Crippen LogP contribution in [0.2, 0.25) is 0 Å². The number of carbonyl (C=O) groups is 1. The number of hydrogen-bond acceptors (Lipinski definition) is 5. The number of ether oxygens (including phenoxy) is 4. The third-order valence-corrected chi connectivity index (χ3v) is 6.45. The van der Waals surface area contributed by atoms with Gasteiger partial charge in [-0.05, 0) is 58.4 Å². The molecule has 2 aromatic carbocycles. The van der Waals surface area contributed by atoms with Gasteiger partial charge in [-0.3, -0.25) is 0 Å². The molecule has 0 bridgehead atoms. The van der Waals surface area contributed by atoms with Crippen LogP contribution in [-0.2, 0) is 19.0 Å². The summed E-state index contributed by atoms with van der Waals surface area (Å²) < 4.78 is 24.8. The molecule has 0 saturated carbocycles. The van der Waals surface area contributed by atoms with E-state index < -0.39 is 24.3 Å². The standard InChI is InChI=1S/C30H45ClO5/c1-7-9-10-13-19-33-27(20-24(31)8-2)28(34-21(3)4)29(35-22(5)6)30(32)36-26-18-14-16-23-15-11-12-17-25(23)26/h11-12,14-18,21-22,24,27-29H,7-10,13,19-20H2,1-6H3. The number of fused-ring (bicyclic) bond motifs is 1. The lowest BCUT2D eigenvalue weighted by Crippen LogP contribution is -2.51. The van der Waals surface area contributed by atoms with E-state index in [0.29, 0.717) is 18.8 Å². The van der Waals surface area contributed by atoms with E-state index in [4.69, 9.17) is 30.5 Å². The Morgan fingerprint density at radius 2 is 1.58 bits per heavy atom. The van der Waals surface area contributed by atoms with Crippen LogP contribution in [0.5, 0.6) is 5.75 Å². The van der Waals surface area contributed by atoms with Crippen LogP contribution in [-0.4, -0.2) is 48.5 Å². The Labute approximate surface area is 222 Å². The summed E-state index contributed by atoms with van der Waals surface area (Å²) in [7, 11) is 0. The van der Waals surface area contributed by atoms with Crippen LogP contribution in [0.25, 0.3) is 10.8 Å². The first-order valence-electron chi connectivity index (χ1n) is 13.5. The first-order chi connectivity index (χ1) is 17.3. The average molecular weight is 521 g/mol. The van der Waals surface area contributed by atoms with Crippen molar-refractivity contribution in [3.8, 4) is 5.75 Å². The molecule has 4 atom stereocenters. The third-order valence-electron chi connectivity index (χ3n) is 5.97. The number of alkyl halides is 1. The molecule has 5 nitrogen and oxygen atoms in total. The summed E-state index contributed by atoms with van der Waals surface area (Å²) in [6.07, 6.45) is 3.36. The highest BCUT2D eigenvalue weighted by Gasteiger charge is 2.40. The Balaban J connectivity index is 2.35. The van der Waals surface area contributed by atoms with Gasteiger partial charge in [-0.25, -0.2) is 4.79 Å². The smallest absolute Gasteiger partial charge is 0.343 e. The molecule has 0 radical (unpaired) electrons. The topological polar surface area (TPSA) is 54.0 Å². The lowest BCUT2D eigenvalue weighted by molar-refractivity contribution is -0.187. The van der Waals surface area contributed by atoms with Crippen molar-refractivity contribution in [2.75, 3.05) is 6.61 Å². The molecule has 0 aliphatic carbocycles. The summed E-state index contributed by atoms with van der Waals surface area (Å²) in [5.41, 5.74) is 0. The Kier molecular flexibility index (Phi) is 13.8. The van der Waals surface area contributed by atoms with E-state index in [1.807, 2.05) is 71.0 Å². The molecule has 0 saturated heterocycles. The van der Waals surface area contributed by atoms with Gasteiger partial charge in [-0.2, -0.15) is 0 Å². The Hall–Kier alpha value is -1.66. The highest BCUT2D eigenvalue weighted by Crippen LogP contribution is 2.28. The SMILES string of the molecule is CCCCCCOC(CC(Cl)CC)C(OC(C)C)C(OC(C)C)C(=O)Oc1cccc2ccccc12. The van der Waals surface area contributed by atoms with E-state index in [0.717, 1.165) is 36.5 Å². The number of esters is 1. The zero-order valence-corrected chi connectivity index (χ0v) is 23.6. The van der Waals surface area contributed by atoms with Crippen LogP contribution in [0.3, 0.4) is 0 Å². The number of halogens is 1. The maximum absolute atomic E-state index is 13.7. The molecule has 36 heavy (non-hydrogen) atoms. The highest BCUT2D eigenvalue weighted by molar-refractivity contribution is 6.20. The highest BCUT2D eigenvalue weighted by atomic mass is 35.5. The monoisotopic (exact) mass is 520 g/mol. The molecular weight excluding hydrogens is 476 g/mol. The fraction of sp³-hybridized carbons (Fsp3) is 0.633. The van der Waals surface area contributed by atoms with Crippen molar-refractivity contribution in [1.29, 1.82) is 0 Å². The normalized spacial score (nSPS) is 15.2. The minimum Gasteiger partial charge on any atom is -0.424 e. The van der Waals surface area contributed by atoms with Crippen molar-refractivity contribution < 1.29 is 23.7 Å². The van der Waals surface area contributed by atoms with Gasteiger partial charge in [0.15, 0.2) is 6.10 Å². The summed E-state index contributed by atoms with van der Waals surface area (Å²) in [6.45, 7) is 12.5. The van der Waals surface area contributed by atoms with E-state index in [9.17, 15) is 4.79 Å². The zero-order chi connectivity index (χ0) is 26.5. The summed E-state index contributed by atoms with van der Waals surface area (Å²) in [5, 5.41) is 1.77. The number of benzene rings is 2. The van der Waals surface area contributed by atoms with Gasteiger partial charge in [0.25, 0.3) is 0 Å². The van der Waals surface area contributed by atoms with Crippen LogP contribution >= 0.6 is 11.6 Å². The number of rotatable bonds is 17. The van der Waals surface area contributed by atoms with E-state index in [2.05, 4.69) is 6.92 Å². The van der Waals surface area contributed by atoms with Crippen molar-refractivity contribution in [1.82, 2.24) is 0 Å². The Bertz CT molecular complexity index is 895. The summed E-state index contributed by atoms with van der Waals surface area (Å²) in [4.78, 5) is 13.7. The molecule has 2 rings (SSSR count). The Morgan fingerprint density at radius 3 is 2.25 bits per heavy atom. The minimum atomic E-state index is -0.965. The molecule has 0 aliphatic heterocycles. The Morgan fingerprint density at radius 1 is 0.889 bits per heavy atom. The second kappa shape index (κ2) is 16.2. The van der Waals surface area contributed by atoms with Crippen LogP contribution in [0.1, 0.15) is 80.1 Å². The van der Waals surface area contributed by atoms with E-state index in [1.54, 1.807) is 6.07 Å². The molecule has 0 amide bonds. The van der Waals surface area contributed by atoms with Crippen LogP contribution in [0.15, 0.2) is 42.5 Å². The van der Waals surface area contributed by atoms with E-state index >= 15 is 0 Å². The van der Waals surface area contributed by atoms with Gasteiger partial charge in [0.1, 0.15) is 11.9 Å². The van der Waals surface area contributed by atoms with Crippen molar-refractivity contribution in [2.45, 2.75) is 116 Å². The van der Waals surface area contributed by atoms with Crippen molar-refractivity contribution in [3.05, 3.63) is 42.5 Å². The van der Waals surface area contributed by atoms with Gasteiger partial charge in [-0.1, -0.05) is 69.5 Å². The minimum absolute atomic E-state index is 0.0994. The van der Waals surface area contributed by atoms with Crippen LogP contribution < -0.4 is 4.74 Å². The number of hydrogen-bond donors (Lipinski definition) is 0. The molecule has 2 aromatic rings. The van der Waals surface area contributed by atoms with Gasteiger partial charge in [0.2, 0.25) is 0 Å². The second-order valence-corrected chi connectivity index (χ2v) is 10.5. The summed E-state index contributed by atoms with van der Waals surface area (Å²) >= 11 is 6.60. The molecule has 0 aliphatic rings. The molecular formula is C30H45ClO5. The quantitative estimate of drug-likeness (QED) is 0.0925. The summed E-state index contributed by atoms with van der Waals surface area (Å²) in [5.74, 6) is 0.00692. The van der Waals surface area contributed by atoms with Gasteiger partial charge < -0.3 is 18.9 Å². The second-order valence-electron chi connectivity index (χ2n) is 9.86. The lowest BCUT2D eigenvalue weighted by atomic mass is 10.0. The molecule has 0 heterocycles. The van der Waals surface area contributed by atoms with Gasteiger partial charge in [0, 0.05) is 17.4 Å². The lowest BCUT2D eigenvalue weighted by Gasteiger charge is -2.35. The maximum Gasteiger partial charge on any atom is 0.343 e. The van der Waals surface area contributed by atoms with E-state index in [-0.39, 0.29) is 17.6 Å². The number of unbranched alkanes of at least 4 members (excludes halogenated alkanes) is 3. The predicted octanol–water partition coefficient (Wildman–Crippen LogP) is 7.71. The van der Waals surface area contributed by atoms with Crippen LogP contribution in [0.4, 0.5) is 0 Å². The zero-order valence-electron chi connectivity index (χ0n) is 22.9. The fourth-order valence-electron chi connectivity index (χ4n) is 4.16. The van der Waals surface area contributed by atoms with Gasteiger partial charge >= 0.3 is 5.97 Å². The van der Waals surface area contributed by atoms with Crippen LogP contribution in [0, 0.1) is 0 Å². The first kappa shape index (κ1) is 30.6. The molecule has 0 aromatic heterocycles. The molecule has 0 fully saturated rings. The van der Waals surface area contributed by atoms with E-state index in [1.165, 1.54) is 6.42 Å². The average Bonchev–Trinajstić information content (AvgIpc) is 2.85. The van der Waals surface area contributed by atoms with Crippen molar-refractivity contribution in [3.63, 3.8) is 0 Å². The molecule has 0 N–H and O–H groups in total. The van der Waals surface area contributed by atoms with Gasteiger partial charge in [-0.15, -0.1) is 11.6 Å². The molecule has 4 unspecified atom stereocenters. The van der Waals surface area contributed by atoms with Crippen molar-refractivity contribution in [2.24, 2.45) is 0 Å². The third kappa shape index (κ3) is 10.0. The fourth-order valence-corrected chi connectivity index (χ4v) is 4.33. The first-order valence-corrected chi connectivity index (χ1v) is 14.0. The largest absolute Gasteiger partial charge is 0.424 e. The predicted molar refractivity (Wildman–Crippen MR) is 148 cm³/mol. The summed E-state index contributed by atoms with van der Waals surface area (Å²) in [6, 6.07) is 13.5. The van der Waals surface area contributed by atoms with Crippen molar-refractivity contribution >= 4 is 28.3 Å². The number of carbonyl (C=O) groups excluding carboxylic acids is 1. The van der Waals surface area contributed by atoms with Gasteiger partial charge in [0.05, 0.1) is 18.3 Å². The maximum atomic E-state index is 13.7. The molecule has 6 heteroatoms.